The molecule has 0 spiro atoms. The molecule has 7 heteroatoms. The van der Waals surface area contributed by atoms with Crippen molar-refractivity contribution in [2.45, 2.75) is 13.8 Å². The maximum atomic E-state index is 12.8. The van der Waals surface area contributed by atoms with Crippen LogP contribution in [0.15, 0.2) is 24.3 Å². The molecule has 0 bridgehead atoms. The highest BCUT2D eigenvalue weighted by Gasteiger charge is 2.18. The number of nitrogens with one attached hydrogen (secondary N) is 1. The molecule has 2 aromatic heterocycles. The van der Waals surface area contributed by atoms with Crippen LogP contribution in [0.1, 0.15) is 21.7 Å². The number of nitrogens with zero attached hydrogens (tertiary/aromatic N) is 3. The van der Waals surface area contributed by atoms with Gasteiger partial charge in [-0.25, -0.2) is 4.98 Å². The van der Waals surface area contributed by atoms with Crippen molar-refractivity contribution in [2.24, 2.45) is 7.05 Å². The largest absolute Gasteiger partial charge is 0.493 e. The van der Waals surface area contributed by atoms with E-state index >= 15 is 0 Å². The van der Waals surface area contributed by atoms with E-state index in [0.717, 1.165) is 16.8 Å². The Morgan fingerprint density at radius 2 is 1.84 bits per heavy atom. The van der Waals surface area contributed by atoms with E-state index in [1.165, 1.54) is 0 Å². The summed E-state index contributed by atoms with van der Waals surface area (Å²) >= 11 is 0. The number of carbonyl (C=O) groups excluding carboxylic acids is 1. The smallest absolute Gasteiger partial charge is 0.256 e. The zero-order valence-electron chi connectivity index (χ0n) is 14.9. The number of aromatic nitrogens is 3. The molecule has 1 amide bonds. The van der Waals surface area contributed by atoms with Gasteiger partial charge < -0.3 is 14.8 Å². The molecule has 0 aliphatic rings. The molecule has 0 aliphatic carbocycles. The van der Waals surface area contributed by atoms with Crippen LogP contribution in [-0.4, -0.2) is 34.9 Å². The maximum absolute atomic E-state index is 12.8. The molecule has 0 atom stereocenters. The Morgan fingerprint density at radius 1 is 1.12 bits per heavy atom. The minimum atomic E-state index is -0.223. The molecule has 0 radical (unpaired) electrons. The Morgan fingerprint density at radius 3 is 2.52 bits per heavy atom. The minimum Gasteiger partial charge on any atom is -0.493 e. The quantitative estimate of drug-likeness (QED) is 0.790. The minimum absolute atomic E-state index is 0.223. The number of aryl methyl sites for hydroxylation is 3. The predicted octanol–water partition coefficient (Wildman–Crippen LogP) is 2.85. The number of carbonyl (C=O) groups is 1. The molecular formula is C18H20N4O3. The first-order valence-electron chi connectivity index (χ1n) is 7.79. The van der Waals surface area contributed by atoms with Gasteiger partial charge in [0.1, 0.15) is 0 Å². The van der Waals surface area contributed by atoms with E-state index in [1.54, 1.807) is 43.2 Å². The number of benzene rings is 1. The summed E-state index contributed by atoms with van der Waals surface area (Å²) < 4.78 is 12.2. The molecule has 3 rings (SSSR count). The average molecular weight is 340 g/mol. The van der Waals surface area contributed by atoms with Gasteiger partial charge in [0.15, 0.2) is 17.1 Å². The number of amides is 1. The molecule has 2 heterocycles. The Bertz CT molecular complexity index is 963. The van der Waals surface area contributed by atoms with Gasteiger partial charge in [0.05, 0.1) is 30.9 Å². The van der Waals surface area contributed by atoms with Crippen LogP contribution in [0.3, 0.4) is 0 Å². The van der Waals surface area contributed by atoms with Crippen molar-refractivity contribution in [1.29, 1.82) is 0 Å². The molecule has 1 aromatic carbocycles. The molecule has 130 valence electrons. The normalized spacial score (nSPS) is 10.8. The van der Waals surface area contributed by atoms with Crippen LogP contribution in [0.5, 0.6) is 11.5 Å². The summed E-state index contributed by atoms with van der Waals surface area (Å²) in [5.41, 5.74) is 3.38. The first-order valence-corrected chi connectivity index (χ1v) is 7.79. The standard InChI is InChI=1S/C18H20N4O3/c1-10-8-13(16-11(2)21-22(3)17(16)19-10)18(23)20-12-6-7-14(24-4)15(9-12)25-5/h6-9H,1-5H3,(H,20,23). The second-order valence-corrected chi connectivity index (χ2v) is 5.74. The number of hydrogen-bond donors (Lipinski definition) is 1. The highest BCUT2D eigenvalue weighted by atomic mass is 16.5. The number of fused-ring (bicyclic) bond motifs is 1. The topological polar surface area (TPSA) is 78.3 Å². The lowest BCUT2D eigenvalue weighted by Gasteiger charge is -2.11. The zero-order valence-corrected chi connectivity index (χ0v) is 14.9. The second-order valence-electron chi connectivity index (χ2n) is 5.74. The molecule has 0 fully saturated rings. The van der Waals surface area contributed by atoms with Gasteiger partial charge in [-0.1, -0.05) is 0 Å². The summed E-state index contributed by atoms with van der Waals surface area (Å²) in [7, 11) is 4.94. The monoisotopic (exact) mass is 340 g/mol. The van der Waals surface area contributed by atoms with Gasteiger partial charge in [0, 0.05) is 24.5 Å². The van der Waals surface area contributed by atoms with E-state index < -0.39 is 0 Å². The summed E-state index contributed by atoms with van der Waals surface area (Å²) in [6.45, 7) is 3.72. The number of ether oxygens (including phenoxy) is 2. The summed E-state index contributed by atoms with van der Waals surface area (Å²) in [4.78, 5) is 17.3. The maximum Gasteiger partial charge on any atom is 0.256 e. The van der Waals surface area contributed by atoms with E-state index in [0.29, 0.717) is 28.4 Å². The van der Waals surface area contributed by atoms with Crippen molar-refractivity contribution >= 4 is 22.6 Å². The van der Waals surface area contributed by atoms with Crippen LogP contribution in [0, 0.1) is 13.8 Å². The first-order chi connectivity index (χ1) is 11.9. The number of pyridine rings is 1. The molecule has 0 aliphatic heterocycles. The fourth-order valence-electron chi connectivity index (χ4n) is 2.86. The average Bonchev–Trinajstić information content (AvgIpc) is 2.88. The molecular weight excluding hydrogens is 320 g/mol. The fourth-order valence-corrected chi connectivity index (χ4v) is 2.86. The summed E-state index contributed by atoms with van der Waals surface area (Å²) in [6, 6.07) is 7.00. The van der Waals surface area contributed by atoms with Gasteiger partial charge in [-0.05, 0) is 32.0 Å². The van der Waals surface area contributed by atoms with Gasteiger partial charge in [-0.3, -0.25) is 9.48 Å². The van der Waals surface area contributed by atoms with Gasteiger partial charge in [0.25, 0.3) is 5.91 Å². The fraction of sp³-hybridized carbons (Fsp3) is 0.278. The van der Waals surface area contributed by atoms with Crippen LogP contribution < -0.4 is 14.8 Å². The third-order valence-corrected chi connectivity index (χ3v) is 3.98. The molecule has 0 unspecified atom stereocenters. The Kier molecular flexibility index (Phi) is 4.31. The van der Waals surface area contributed by atoms with Crippen molar-refractivity contribution in [3.05, 3.63) is 41.2 Å². The summed E-state index contributed by atoms with van der Waals surface area (Å²) in [5, 5.41) is 8.03. The van der Waals surface area contributed by atoms with Crippen molar-refractivity contribution in [3.63, 3.8) is 0 Å². The lowest BCUT2D eigenvalue weighted by atomic mass is 10.1. The molecule has 0 saturated carbocycles. The number of anilines is 1. The second kappa shape index (κ2) is 6.43. The third kappa shape index (κ3) is 3.00. The zero-order chi connectivity index (χ0) is 18.1. The Balaban J connectivity index is 2.01. The molecule has 7 nitrogen and oxygen atoms in total. The van der Waals surface area contributed by atoms with E-state index in [1.807, 2.05) is 20.9 Å². The van der Waals surface area contributed by atoms with Crippen LogP contribution in [0.25, 0.3) is 11.0 Å². The van der Waals surface area contributed by atoms with Crippen molar-refractivity contribution in [3.8, 4) is 11.5 Å². The lowest BCUT2D eigenvalue weighted by molar-refractivity contribution is 0.102. The van der Waals surface area contributed by atoms with Crippen molar-refractivity contribution in [2.75, 3.05) is 19.5 Å². The summed E-state index contributed by atoms with van der Waals surface area (Å²) in [6.07, 6.45) is 0. The van der Waals surface area contributed by atoms with E-state index in [9.17, 15) is 4.79 Å². The van der Waals surface area contributed by atoms with Crippen LogP contribution >= 0.6 is 0 Å². The van der Waals surface area contributed by atoms with Crippen molar-refractivity contribution in [1.82, 2.24) is 14.8 Å². The van der Waals surface area contributed by atoms with Crippen LogP contribution in [0.2, 0.25) is 0 Å². The SMILES string of the molecule is COc1ccc(NC(=O)c2cc(C)nc3c2c(C)nn3C)cc1OC. The highest BCUT2D eigenvalue weighted by Crippen LogP contribution is 2.30. The van der Waals surface area contributed by atoms with Gasteiger partial charge in [0.2, 0.25) is 0 Å². The van der Waals surface area contributed by atoms with E-state index in [2.05, 4.69) is 15.4 Å². The number of rotatable bonds is 4. The molecule has 3 aromatic rings. The van der Waals surface area contributed by atoms with Gasteiger partial charge in [-0.2, -0.15) is 5.10 Å². The van der Waals surface area contributed by atoms with Crippen LogP contribution in [0.4, 0.5) is 5.69 Å². The molecule has 1 N–H and O–H groups in total. The van der Waals surface area contributed by atoms with E-state index in [4.69, 9.17) is 9.47 Å². The number of methoxy groups -OCH3 is 2. The van der Waals surface area contributed by atoms with Gasteiger partial charge in [-0.15, -0.1) is 0 Å². The molecule has 0 saturated heterocycles. The lowest BCUT2D eigenvalue weighted by Crippen LogP contribution is -2.13. The molecule has 25 heavy (non-hydrogen) atoms. The van der Waals surface area contributed by atoms with Crippen LogP contribution in [-0.2, 0) is 7.05 Å². The van der Waals surface area contributed by atoms with Gasteiger partial charge >= 0.3 is 0 Å². The third-order valence-electron chi connectivity index (χ3n) is 3.98. The number of hydrogen-bond acceptors (Lipinski definition) is 5. The highest BCUT2D eigenvalue weighted by molar-refractivity contribution is 6.12. The first kappa shape index (κ1) is 16.8. The van der Waals surface area contributed by atoms with E-state index in [-0.39, 0.29) is 5.91 Å². The predicted molar refractivity (Wildman–Crippen MR) is 95.5 cm³/mol. The Labute approximate surface area is 145 Å². The summed E-state index contributed by atoms with van der Waals surface area (Å²) in [5.74, 6) is 0.929. The van der Waals surface area contributed by atoms with Crippen molar-refractivity contribution < 1.29 is 14.3 Å². The Hall–Kier alpha value is -3.09.